The zero-order valence-corrected chi connectivity index (χ0v) is 9.22. The van der Waals surface area contributed by atoms with Crippen LogP contribution in [0.3, 0.4) is 0 Å². The summed E-state index contributed by atoms with van der Waals surface area (Å²) >= 11 is 0. The van der Waals surface area contributed by atoms with E-state index < -0.39 is 0 Å². The molecule has 0 radical (unpaired) electrons. The van der Waals surface area contributed by atoms with E-state index in [-0.39, 0.29) is 0 Å². The molecule has 1 aromatic heterocycles. The second-order valence-electron chi connectivity index (χ2n) is 4.16. The standard InChI is InChI=1S/C11H19N3O/c1-2-10-9(8-12)4-3-6-14(10)11-5-7-15-13-11/h5,7,9-10H,2-4,6,8,12H2,1H3/t9-,10-/m1/s1. The van der Waals surface area contributed by atoms with Gasteiger partial charge in [-0.25, -0.2) is 0 Å². The Hall–Kier alpha value is -1.03. The maximum Gasteiger partial charge on any atom is 0.172 e. The Bertz CT molecular complexity index is 286. The van der Waals surface area contributed by atoms with Gasteiger partial charge in [-0.3, -0.25) is 0 Å². The molecule has 0 amide bonds. The molecule has 2 N–H and O–H groups in total. The van der Waals surface area contributed by atoms with Gasteiger partial charge in [0.2, 0.25) is 0 Å². The quantitative estimate of drug-likeness (QED) is 0.822. The van der Waals surface area contributed by atoms with Crippen LogP contribution in [0.5, 0.6) is 0 Å². The average Bonchev–Trinajstić information content (AvgIpc) is 2.81. The Morgan fingerprint density at radius 1 is 1.67 bits per heavy atom. The van der Waals surface area contributed by atoms with Gasteiger partial charge in [0, 0.05) is 18.7 Å². The number of hydrogen-bond acceptors (Lipinski definition) is 4. The molecule has 1 aromatic rings. The molecule has 15 heavy (non-hydrogen) atoms. The highest BCUT2D eigenvalue weighted by Crippen LogP contribution is 2.28. The lowest BCUT2D eigenvalue weighted by Gasteiger charge is -2.40. The summed E-state index contributed by atoms with van der Waals surface area (Å²) < 4.78 is 4.91. The SMILES string of the molecule is CC[C@@H]1[C@@H](CN)CCCN1c1ccon1. The van der Waals surface area contributed by atoms with Crippen LogP contribution >= 0.6 is 0 Å². The third kappa shape index (κ3) is 2.00. The predicted octanol–water partition coefficient (Wildman–Crippen LogP) is 1.63. The van der Waals surface area contributed by atoms with Gasteiger partial charge in [-0.1, -0.05) is 12.1 Å². The van der Waals surface area contributed by atoms with E-state index in [2.05, 4.69) is 17.0 Å². The summed E-state index contributed by atoms with van der Waals surface area (Å²) in [4.78, 5) is 2.34. The van der Waals surface area contributed by atoms with E-state index in [4.69, 9.17) is 10.3 Å². The van der Waals surface area contributed by atoms with Gasteiger partial charge in [0.25, 0.3) is 0 Å². The monoisotopic (exact) mass is 209 g/mol. The van der Waals surface area contributed by atoms with Crippen LogP contribution in [-0.4, -0.2) is 24.3 Å². The predicted molar refractivity (Wildman–Crippen MR) is 59.7 cm³/mol. The largest absolute Gasteiger partial charge is 0.363 e. The van der Waals surface area contributed by atoms with Crippen molar-refractivity contribution < 1.29 is 4.52 Å². The summed E-state index contributed by atoms with van der Waals surface area (Å²) in [6.07, 6.45) is 5.19. The summed E-state index contributed by atoms with van der Waals surface area (Å²) in [5, 5.41) is 4.02. The highest BCUT2D eigenvalue weighted by atomic mass is 16.5. The Labute approximate surface area is 90.4 Å². The number of nitrogens with two attached hydrogens (primary N) is 1. The van der Waals surface area contributed by atoms with Crippen LogP contribution in [0.25, 0.3) is 0 Å². The third-order valence-electron chi connectivity index (χ3n) is 3.36. The molecule has 4 nitrogen and oxygen atoms in total. The second-order valence-corrected chi connectivity index (χ2v) is 4.16. The van der Waals surface area contributed by atoms with Crippen molar-refractivity contribution in [2.24, 2.45) is 11.7 Å². The van der Waals surface area contributed by atoms with E-state index >= 15 is 0 Å². The molecule has 2 atom stereocenters. The van der Waals surface area contributed by atoms with Crippen molar-refractivity contribution in [2.75, 3.05) is 18.0 Å². The Kier molecular flexibility index (Phi) is 3.26. The number of aromatic nitrogens is 1. The zero-order chi connectivity index (χ0) is 10.7. The van der Waals surface area contributed by atoms with E-state index in [1.165, 1.54) is 12.8 Å². The van der Waals surface area contributed by atoms with Crippen molar-refractivity contribution >= 4 is 5.82 Å². The molecule has 4 heteroatoms. The number of nitrogens with zero attached hydrogens (tertiary/aromatic N) is 2. The van der Waals surface area contributed by atoms with Crippen molar-refractivity contribution in [1.82, 2.24) is 5.16 Å². The highest BCUT2D eigenvalue weighted by Gasteiger charge is 2.30. The van der Waals surface area contributed by atoms with E-state index in [9.17, 15) is 0 Å². The lowest BCUT2D eigenvalue weighted by Crippen LogP contribution is -2.47. The summed E-state index contributed by atoms with van der Waals surface area (Å²) in [5.41, 5.74) is 5.81. The van der Waals surface area contributed by atoms with Crippen LogP contribution in [-0.2, 0) is 0 Å². The Morgan fingerprint density at radius 2 is 2.53 bits per heavy atom. The molecule has 0 aromatic carbocycles. The Balaban J connectivity index is 2.15. The molecule has 1 fully saturated rings. The van der Waals surface area contributed by atoms with Gasteiger partial charge in [-0.2, -0.15) is 0 Å². The first-order valence-electron chi connectivity index (χ1n) is 5.74. The summed E-state index contributed by atoms with van der Waals surface area (Å²) in [7, 11) is 0. The number of piperidine rings is 1. The Morgan fingerprint density at radius 3 is 3.13 bits per heavy atom. The maximum absolute atomic E-state index is 5.81. The van der Waals surface area contributed by atoms with E-state index in [1.54, 1.807) is 6.26 Å². The van der Waals surface area contributed by atoms with E-state index in [0.717, 1.165) is 25.3 Å². The minimum Gasteiger partial charge on any atom is -0.363 e. The molecule has 84 valence electrons. The number of hydrogen-bond donors (Lipinski definition) is 1. The van der Waals surface area contributed by atoms with Crippen LogP contribution in [0.15, 0.2) is 16.9 Å². The lowest BCUT2D eigenvalue weighted by molar-refractivity contribution is 0.314. The topological polar surface area (TPSA) is 55.3 Å². The van der Waals surface area contributed by atoms with Gasteiger partial charge in [0.05, 0.1) is 0 Å². The molecular weight excluding hydrogens is 190 g/mol. The molecular formula is C11H19N3O. The summed E-state index contributed by atoms with van der Waals surface area (Å²) in [6, 6.07) is 2.45. The average molecular weight is 209 g/mol. The molecule has 0 bridgehead atoms. The number of anilines is 1. The molecule has 0 aliphatic carbocycles. The van der Waals surface area contributed by atoms with Gasteiger partial charge < -0.3 is 15.2 Å². The highest BCUT2D eigenvalue weighted by molar-refractivity contribution is 5.38. The summed E-state index contributed by atoms with van der Waals surface area (Å²) in [5.74, 6) is 1.56. The molecule has 1 saturated heterocycles. The third-order valence-corrected chi connectivity index (χ3v) is 3.36. The minimum atomic E-state index is 0.522. The number of rotatable bonds is 3. The first-order chi connectivity index (χ1) is 7.36. The van der Waals surface area contributed by atoms with E-state index in [1.807, 2.05) is 6.07 Å². The molecule has 0 saturated carbocycles. The summed E-state index contributed by atoms with van der Waals surface area (Å²) in [6.45, 7) is 4.06. The first-order valence-corrected chi connectivity index (χ1v) is 5.74. The van der Waals surface area contributed by atoms with Gasteiger partial charge in [-0.05, 0) is 31.7 Å². The maximum atomic E-state index is 5.81. The fourth-order valence-electron chi connectivity index (χ4n) is 2.60. The van der Waals surface area contributed by atoms with Gasteiger partial charge in [0.15, 0.2) is 5.82 Å². The van der Waals surface area contributed by atoms with Crippen molar-refractivity contribution in [3.63, 3.8) is 0 Å². The molecule has 1 aliphatic heterocycles. The first kappa shape index (κ1) is 10.5. The second kappa shape index (κ2) is 4.66. The fraction of sp³-hybridized carbons (Fsp3) is 0.727. The molecule has 2 heterocycles. The van der Waals surface area contributed by atoms with Crippen molar-refractivity contribution in [3.8, 4) is 0 Å². The molecule has 0 spiro atoms. The van der Waals surface area contributed by atoms with E-state index in [0.29, 0.717) is 12.0 Å². The zero-order valence-electron chi connectivity index (χ0n) is 9.22. The van der Waals surface area contributed by atoms with Crippen LogP contribution < -0.4 is 10.6 Å². The molecule has 0 unspecified atom stereocenters. The van der Waals surface area contributed by atoms with Gasteiger partial charge >= 0.3 is 0 Å². The van der Waals surface area contributed by atoms with Gasteiger partial charge in [-0.15, -0.1) is 0 Å². The lowest BCUT2D eigenvalue weighted by atomic mass is 9.87. The van der Waals surface area contributed by atoms with Crippen molar-refractivity contribution in [2.45, 2.75) is 32.2 Å². The molecule has 1 aliphatic rings. The van der Waals surface area contributed by atoms with Crippen LogP contribution in [0.2, 0.25) is 0 Å². The smallest absolute Gasteiger partial charge is 0.172 e. The van der Waals surface area contributed by atoms with Crippen LogP contribution in [0.1, 0.15) is 26.2 Å². The fourth-order valence-corrected chi connectivity index (χ4v) is 2.60. The minimum absolute atomic E-state index is 0.522. The molecule has 2 rings (SSSR count). The van der Waals surface area contributed by atoms with Gasteiger partial charge in [0.1, 0.15) is 6.26 Å². The van der Waals surface area contributed by atoms with Crippen LogP contribution in [0.4, 0.5) is 5.82 Å². The van der Waals surface area contributed by atoms with Crippen molar-refractivity contribution in [1.29, 1.82) is 0 Å². The normalized spacial score (nSPS) is 26.9. The van der Waals surface area contributed by atoms with Crippen molar-refractivity contribution in [3.05, 3.63) is 12.3 Å². The van der Waals surface area contributed by atoms with Crippen LogP contribution in [0, 0.1) is 5.92 Å².